The predicted molar refractivity (Wildman–Crippen MR) is 61.4 cm³/mol. The number of hydrogen-bond donors (Lipinski definition) is 2. The summed E-state index contributed by atoms with van der Waals surface area (Å²) in [7, 11) is 3.02. The van der Waals surface area contributed by atoms with Crippen LogP contribution in [0.1, 0.15) is 24.5 Å². The molecule has 1 aromatic carbocycles. The van der Waals surface area contributed by atoms with Gasteiger partial charge in [-0.1, -0.05) is 0 Å². The molecule has 2 N–H and O–H groups in total. The molecular formula is C12H16O5. The molecule has 0 aliphatic rings. The van der Waals surface area contributed by atoms with Crippen molar-refractivity contribution in [3.63, 3.8) is 0 Å². The number of hydrogen-bond acceptors (Lipinski definition) is 4. The Morgan fingerprint density at radius 2 is 2.06 bits per heavy atom. The van der Waals surface area contributed by atoms with E-state index in [1.54, 1.807) is 18.2 Å². The van der Waals surface area contributed by atoms with Gasteiger partial charge in [0.25, 0.3) is 0 Å². The lowest BCUT2D eigenvalue weighted by Gasteiger charge is -2.15. The van der Waals surface area contributed by atoms with E-state index in [-0.39, 0.29) is 12.8 Å². The Morgan fingerprint density at radius 1 is 1.35 bits per heavy atom. The van der Waals surface area contributed by atoms with Crippen LogP contribution in [0, 0.1) is 0 Å². The standard InChI is InChI=1S/C12H16O5/c1-16-8-3-5-11(17-2)9(7-8)10(13)4-6-12(14)15/h3,5,7,10,13H,4,6H2,1-2H3,(H,14,15)/t10-/m0/s1. The fraction of sp³-hybridized carbons (Fsp3) is 0.417. The summed E-state index contributed by atoms with van der Waals surface area (Å²) in [5.74, 6) is 0.171. The quantitative estimate of drug-likeness (QED) is 0.789. The fourth-order valence-corrected chi connectivity index (χ4v) is 1.52. The first kappa shape index (κ1) is 13.3. The first-order valence-electron chi connectivity index (χ1n) is 5.20. The third kappa shape index (κ3) is 3.64. The zero-order valence-corrected chi connectivity index (χ0v) is 9.84. The first-order chi connectivity index (χ1) is 8.08. The van der Waals surface area contributed by atoms with Gasteiger partial charge in [-0.15, -0.1) is 0 Å². The summed E-state index contributed by atoms with van der Waals surface area (Å²) in [5, 5.41) is 18.5. The van der Waals surface area contributed by atoms with Gasteiger partial charge < -0.3 is 19.7 Å². The molecular weight excluding hydrogens is 224 g/mol. The summed E-state index contributed by atoms with van der Waals surface area (Å²) in [6.07, 6.45) is -0.837. The van der Waals surface area contributed by atoms with E-state index in [0.29, 0.717) is 17.1 Å². The van der Waals surface area contributed by atoms with E-state index in [2.05, 4.69) is 0 Å². The second-order valence-electron chi connectivity index (χ2n) is 3.56. The summed E-state index contributed by atoms with van der Waals surface area (Å²) < 4.78 is 10.2. The van der Waals surface area contributed by atoms with Crippen LogP contribution >= 0.6 is 0 Å². The van der Waals surface area contributed by atoms with Gasteiger partial charge in [0.2, 0.25) is 0 Å². The Balaban J connectivity index is 2.88. The van der Waals surface area contributed by atoms with E-state index in [9.17, 15) is 9.90 Å². The molecule has 1 rings (SSSR count). The highest BCUT2D eigenvalue weighted by molar-refractivity contribution is 5.66. The van der Waals surface area contributed by atoms with Gasteiger partial charge in [0, 0.05) is 12.0 Å². The molecule has 0 spiro atoms. The molecule has 0 fully saturated rings. The number of carboxylic acids is 1. The smallest absolute Gasteiger partial charge is 0.303 e. The zero-order valence-electron chi connectivity index (χ0n) is 9.84. The van der Waals surface area contributed by atoms with Crippen LogP contribution in [0.2, 0.25) is 0 Å². The lowest BCUT2D eigenvalue weighted by atomic mass is 10.0. The van der Waals surface area contributed by atoms with E-state index < -0.39 is 12.1 Å². The molecule has 0 heterocycles. The highest BCUT2D eigenvalue weighted by atomic mass is 16.5. The normalized spacial score (nSPS) is 11.9. The zero-order chi connectivity index (χ0) is 12.8. The highest BCUT2D eigenvalue weighted by Crippen LogP contribution is 2.31. The van der Waals surface area contributed by atoms with Crippen molar-refractivity contribution in [3.8, 4) is 11.5 Å². The van der Waals surface area contributed by atoms with Gasteiger partial charge in [-0.3, -0.25) is 4.79 Å². The fourth-order valence-electron chi connectivity index (χ4n) is 1.52. The molecule has 17 heavy (non-hydrogen) atoms. The van der Waals surface area contributed by atoms with E-state index in [1.165, 1.54) is 14.2 Å². The van der Waals surface area contributed by atoms with Gasteiger partial charge in [-0.25, -0.2) is 0 Å². The monoisotopic (exact) mass is 240 g/mol. The van der Waals surface area contributed by atoms with Crippen LogP contribution in [0.15, 0.2) is 18.2 Å². The van der Waals surface area contributed by atoms with Crippen molar-refractivity contribution in [2.45, 2.75) is 18.9 Å². The number of rotatable bonds is 6. The summed E-state index contributed by atoms with van der Waals surface area (Å²) >= 11 is 0. The van der Waals surface area contributed by atoms with Crippen LogP contribution in [-0.2, 0) is 4.79 Å². The number of aliphatic hydroxyl groups excluding tert-OH is 1. The summed E-state index contributed by atoms with van der Waals surface area (Å²) in [6.45, 7) is 0. The molecule has 0 unspecified atom stereocenters. The van der Waals surface area contributed by atoms with Crippen LogP contribution in [-0.4, -0.2) is 30.4 Å². The van der Waals surface area contributed by atoms with Gasteiger partial charge in [0.1, 0.15) is 11.5 Å². The highest BCUT2D eigenvalue weighted by Gasteiger charge is 2.15. The third-order valence-corrected chi connectivity index (χ3v) is 2.43. The molecule has 0 radical (unpaired) electrons. The maximum atomic E-state index is 10.4. The molecule has 0 amide bonds. The van der Waals surface area contributed by atoms with Crippen LogP contribution in [0.4, 0.5) is 0 Å². The Bertz CT molecular complexity index is 388. The van der Waals surface area contributed by atoms with Crippen molar-refractivity contribution in [1.82, 2.24) is 0 Å². The van der Waals surface area contributed by atoms with Gasteiger partial charge in [0.15, 0.2) is 0 Å². The van der Waals surface area contributed by atoms with Crippen molar-refractivity contribution >= 4 is 5.97 Å². The van der Waals surface area contributed by atoms with Crippen LogP contribution in [0.3, 0.4) is 0 Å². The first-order valence-corrected chi connectivity index (χ1v) is 5.20. The average molecular weight is 240 g/mol. The average Bonchev–Trinajstić information content (AvgIpc) is 2.34. The number of carboxylic acid groups (broad SMARTS) is 1. The molecule has 5 nitrogen and oxygen atoms in total. The minimum absolute atomic E-state index is 0.0957. The SMILES string of the molecule is COc1ccc(OC)c([C@@H](O)CCC(=O)O)c1. The van der Waals surface area contributed by atoms with Gasteiger partial charge in [-0.05, 0) is 24.6 Å². The van der Waals surface area contributed by atoms with Gasteiger partial charge in [0.05, 0.1) is 20.3 Å². The minimum Gasteiger partial charge on any atom is -0.497 e. The Labute approximate surface area is 99.6 Å². The molecule has 0 aliphatic heterocycles. The number of aliphatic hydroxyl groups is 1. The van der Waals surface area contributed by atoms with Crippen LogP contribution in [0.25, 0.3) is 0 Å². The van der Waals surface area contributed by atoms with Gasteiger partial charge in [-0.2, -0.15) is 0 Å². The Morgan fingerprint density at radius 3 is 2.59 bits per heavy atom. The number of aliphatic carboxylic acids is 1. The van der Waals surface area contributed by atoms with Gasteiger partial charge >= 0.3 is 5.97 Å². The third-order valence-electron chi connectivity index (χ3n) is 2.43. The van der Waals surface area contributed by atoms with E-state index >= 15 is 0 Å². The lowest BCUT2D eigenvalue weighted by Crippen LogP contribution is -2.04. The molecule has 94 valence electrons. The van der Waals surface area contributed by atoms with Crippen molar-refractivity contribution in [3.05, 3.63) is 23.8 Å². The summed E-state index contributed by atoms with van der Waals surface area (Å²) in [5.41, 5.74) is 0.535. The Kier molecular flexibility index (Phi) is 4.78. The maximum Gasteiger partial charge on any atom is 0.303 e. The van der Waals surface area contributed by atoms with Crippen LogP contribution < -0.4 is 9.47 Å². The lowest BCUT2D eigenvalue weighted by molar-refractivity contribution is -0.137. The summed E-state index contributed by atoms with van der Waals surface area (Å²) in [6, 6.07) is 5.04. The number of methoxy groups -OCH3 is 2. The largest absolute Gasteiger partial charge is 0.497 e. The molecule has 5 heteroatoms. The molecule has 1 atom stereocenters. The van der Waals surface area contributed by atoms with Crippen molar-refractivity contribution in [2.24, 2.45) is 0 Å². The molecule has 0 saturated heterocycles. The van der Waals surface area contributed by atoms with E-state index in [0.717, 1.165) is 0 Å². The van der Waals surface area contributed by atoms with Crippen molar-refractivity contribution in [2.75, 3.05) is 14.2 Å². The molecule has 0 saturated carbocycles. The molecule has 1 aromatic rings. The minimum atomic E-state index is -0.939. The van der Waals surface area contributed by atoms with Crippen molar-refractivity contribution < 1.29 is 24.5 Å². The Hall–Kier alpha value is -1.75. The second-order valence-corrected chi connectivity index (χ2v) is 3.56. The topological polar surface area (TPSA) is 76.0 Å². The van der Waals surface area contributed by atoms with Crippen LogP contribution in [0.5, 0.6) is 11.5 Å². The predicted octanol–water partition coefficient (Wildman–Crippen LogP) is 1.60. The van der Waals surface area contributed by atoms with E-state index in [1.807, 2.05) is 0 Å². The molecule has 0 bridgehead atoms. The van der Waals surface area contributed by atoms with E-state index in [4.69, 9.17) is 14.6 Å². The number of benzene rings is 1. The maximum absolute atomic E-state index is 10.4. The second kappa shape index (κ2) is 6.10. The number of ether oxygens (including phenoxy) is 2. The molecule has 0 aliphatic carbocycles. The molecule has 0 aromatic heterocycles. The van der Waals surface area contributed by atoms with Crippen molar-refractivity contribution in [1.29, 1.82) is 0 Å². The summed E-state index contributed by atoms with van der Waals surface area (Å²) in [4.78, 5) is 10.4. The number of carbonyl (C=O) groups is 1.